The molecule has 0 radical (unpaired) electrons. The zero-order valence-corrected chi connectivity index (χ0v) is 16.8. The first-order valence-electron chi connectivity index (χ1n) is 9.47. The minimum absolute atomic E-state index is 0.105. The largest absolute Gasteiger partial charge is 0.401 e. The van der Waals surface area contributed by atoms with Crippen LogP contribution in [0.3, 0.4) is 0 Å². The average molecular weight is 435 g/mol. The zero-order valence-electron chi connectivity index (χ0n) is 16.0. The molecule has 0 bridgehead atoms. The van der Waals surface area contributed by atoms with E-state index in [2.05, 4.69) is 4.98 Å². The summed E-state index contributed by atoms with van der Waals surface area (Å²) in [7, 11) is -3.68. The minimum atomic E-state index is -4.20. The van der Waals surface area contributed by atoms with Crippen LogP contribution in [0.4, 0.5) is 18.9 Å². The summed E-state index contributed by atoms with van der Waals surface area (Å²) in [5.74, 6) is 0. The summed E-state index contributed by atoms with van der Waals surface area (Å²) in [6.07, 6.45) is -2.86. The van der Waals surface area contributed by atoms with Gasteiger partial charge in [0, 0.05) is 37.8 Å². The van der Waals surface area contributed by atoms with Crippen LogP contribution in [0.5, 0.6) is 0 Å². The number of sulfone groups is 1. The maximum atomic E-state index is 12.9. The molecule has 158 valence electrons. The summed E-state index contributed by atoms with van der Waals surface area (Å²) in [5, 5.41) is 0.669. The zero-order chi connectivity index (χ0) is 21.4. The maximum Gasteiger partial charge on any atom is 0.401 e. The van der Waals surface area contributed by atoms with Crippen LogP contribution in [0.2, 0.25) is 0 Å². The SMILES string of the molecule is O=S(=O)(c1ccccc1)c1cnc2c(N3CCN(CC(F)(F)F)CC3)cccc2c1. The van der Waals surface area contributed by atoms with Gasteiger partial charge in [-0.3, -0.25) is 9.88 Å². The Hall–Kier alpha value is -2.65. The predicted octanol–water partition coefficient (Wildman–Crippen LogP) is 3.75. The number of alkyl halides is 3. The lowest BCUT2D eigenvalue weighted by Gasteiger charge is -2.36. The van der Waals surface area contributed by atoms with Crippen molar-refractivity contribution in [1.82, 2.24) is 9.88 Å². The van der Waals surface area contributed by atoms with Crippen molar-refractivity contribution in [2.75, 3.05) is 37.6 Å². The van der Waals surface area contributed by atoms with E-state index in [1.165, 1.54) is 23.2 Å². The molecule has 1 aliphatic heterocycles. The molecule has 2 heterocycles. The van der Waals surface area contributed by atoms with Crippen LogP contribution in [0.15, 0.2) is 70.6 Å². The lowest BCUT2D eigenvalue weighted by molar-refractivity contribution is -0.146. The number of para-hydroxylation sites is 1. The number of hydrogen-bond acceptors (Lipinski definition) is 5. The summed E-state index contributed by atoms with van der Waals surface area (Å²) >= 11 is 0. The van der Waals surface area contributed by atoms with Gasteiger partial charge in [0.25, 0.3) is 0 Å². The monoisotopic (exact) mass is 435 g/mol. The number of fused-ring (bicyclic) bond motifs is 1. The topological polar surface area (TPSA) is 53.5 Å². The van der Waals surface area contributed by atoms with Gasteiger partial charge in [0.2, 0.25) is 9.84 Å². The normalized spacial score (nSPS) is 16.2. The number of anilines is 1. The molecular weight excluding hydrogens is 415 g/mol. The Labute approximate surface area is 172 Å². The van der Waals surface area contributed by atoms with Gasteiger partial charge in [0.15, 0.2) is 0 Å². The predicted molar refractivity (Wildman–Crippen MR) is 108 cm³/mol. The minimum Gasteiger partial charge on any atom is -0.367 e. The third-order valence-electron chi connectivity index (χ3n) is 5.14. The summed E-state index contributed by atoms with van der Waals surface area (Å²) in [5.41, 5.74) is 1.43. The molecule has 0 N–H and O–H groups in total. The number of piperazine rings is 1. The van der Waals surface area contributed by atoms with E-state index < -0.39 is 22.6 Å². The first kappa shape index (κ1) is 20.6. The number of pyridine rings is 1. The van der Waals surface area contributed by atoms with Gasteiger partial charge >= 0.3 is 6.18 Å². The lowest BCUT2D eigenvalue weighted by Crippen LogP contribution is -2.49. The summed E-state index contributed by atoms with van der Waals surface area (Å²) in [4.78, 5) is 8.10. The van der Waals surface area contributed by atoms with Crippen LogP contribution >= 0.6 is 0 Å². The quantitative estimate of drug-likeness (QED) is 0.625. The number of hydrogen-bond donors (Lipinski definition) is 0. The van der Waals surface area contributed by atoms with Crippen molar-refractivity contribution < 1.29 is 21.6 Å². The van der Waals surface area contributed by atoms with Crippen molar-refractivity contribution in [2.45, 2.75) is 16.0 Å². The van der Waals surface area contributed by atoms with Gasteiger partial charge in [-0.2, -0.15) is 13.2 Å². The number of halogens is 3. The second-order valence-corrected chi connectivity index (χ2v) is 9.16. The fourth-order valence-corrected chi connectivity index (χ4v) is 4.92. The molecule has 3 aromatic rings. The Morgan fingerprint density at radius 1 is 0.900 bits per heavy atom. The van der Waals surface area contributed by atoms with E-state index in [9.17, 15) is 21.6 Å². The third kappa shape index (κ3) is 4.27. The maximum absolute atomic E-state index is 12.9. The highest BCUT2D eigenvalue weighted by atomic mass is 32.2. The molecule has 0 atom stereocenters. The smallest absolute Gasteiger partial charge is 0.367 e. The fourth-order valence-electron chi connectivity index (χ4n) is 3.66. The van der Waals surface area contributed by atoms with E-state index in [0.717, 1.165) is 5.69 Å². The molecule has 4 rings (SSSR count). The van der Waals surface area contributed by atoms with Gasteiger partial charge in [0.05, 0.1) is 27.5 Å². The Kier molecular flexibility index (Phi) is 5.42. The Balaban J connectivity index is 1.60. The van der Waals surface area contributed by atoms with Crippen molar-refractivity contribution in [3.63, 3.8) is 0 Å². The number of rotatable bonds is 4. The molecule has 1 aromatic heterocycles. The molecule has 0 spiro atoms. The van der Waals surface area contributed by atoms with Gasteiger partial charge in [-0.25, -0.2) is 8.42 Å². The van der Waals surface area contributed by atoms with Crippen LogP contribution in [-0.4, -0.2) is 57.2 Å². The molecule has 2 aromatic carbocycles. The molecular formula is C21H20F3N3O2S. The highest BCUT2D eigenvalue weighted by Crippen LogP contribution is 2.29. The molecule has 0 amide bonds. The second kappa shape index (κ2) is 7.88. The number of benzene rings is 2. The molecule has 1 fully saturated rings. The van der Waals surface area contributed by atoms with E-state index in [-0.39, 0.29) is 9.79 Å². The standard InChI is InChI=1S/C21H20F3N3O2S/c22-21(23,24)15-26-9-11-27(12-10-26)19-8-4-5-16-13-18(14-25-20(16)19)30(28,29)17-6-2-1-3-7-17/h1-8,13-14H,9-12,15H2. The molecule has 9 heteroatoms. The highest BCUT2D eigenvalue weighted by Gasteiger charge is 2.32. The van der Waals surface area contributed by atoms with Crippen LogP contribution in [-0.2, 0) is 9.84 Å². The first-order valence-corrected chi connectivity index (χ1v) is 11.0. The van der Waals surface area contributed by atoms with Crippen LogP contribution in [0.1, 0.15) is 0 Å². The van der Waals surface area contributed by atoms with Crippen LogP contribution < -0.4 is 4.90 Å². The lowest BCUT2D eigenvalue weighted by atomic mass is 10.1. The van der Waals surface area contributed by atoms with Crippen molar-refractivity contribution in [1.29, 1.82) is 0 Å². The van der Waals surface area contributed by atoms with E-state index in [1.54, 1.807) is 36.4 Å². The van der Waals surface area contributed by atoms with Crippen molar-refractivity contribution in [2.24, 2.45) is 0 Å². The van der Waals surface area contributed by atoms with Crippen molar-refractivity contribution in [3.05, 3.63) is 60.8 Å². The van der Waals surface area contributed by atoms with Crippen molar-refractivity contribution in [3.8, 4) is 0 Å². The molecule has 30 heavy (non-hydrogen) atoms. The van der Waals surface area contributed by atoms with Crippen molar-refractivity contribution >= 4 is 26.4 Å². The van der Waals surface area contributed by atoms with Gasteiger partial charge in [-0.15, -0.1) is 0 Å². The molecule has 1 aliphatic rings. The Morgan fingerprint density at radius 2 is 1.60 bits per heavy atom. The Bertz CT molecular complexity index is 1140. The Morgan fingerprint density at radius 3 is 2.27 bits per heavy atom. The fraction of sp³-hybridized carbons (Fsp3) is 0.286. The van der Waals surface area contributed by atoms with E-state index in [4.69, 9.17) is 0 Å². The van der Waals surface area contributed by atoms with Crippen LogP contribution in [0, 0.1) is 0 Å². The second-order valence-electron chi connectivity index (χ2n) is 7.21. The molecule has 0 aliphatic carbocycles. The van der Waals surface area contributed by atoms with Gasteiger partial charge in [-0.1, -0.05) is 30.3 Å². The van der Waals surface area contributed by atoms with E-state index in [0.29, 0.717) is 37.1 Å². The highest BCUT2D eigenvalue weighted by molar-refractivity contribution is 7.91. The van der Waals surface area contributed by atoms with E-state index >= 15 is 0 Å². The molecule has 0 saturated carbocycles. The van der Waals surface area contributed by atoms with Crippen LogP contribution in [0.25, 0.3) is 10.9 Å². The molecule has 1 saturated heterocycles. The summed E-state index contributed by atoms with van der Waals surface area (Å²) in [6.45, 7) is 0.587. The van der Waals surface area contributed by atoms with E-state index in [1.807, 2.05) is 11.0 Å². The van der Waals surface area contributed by atoms with Gasteiger partial charge in [0.1, 0.15) is 0 Å². The third-order valence-corrected chi connectivity index (χ3v) is 6.88. The number of aromatic nitrogens is 1. The summed E-state index contributed by atoms with van der Waals surface area (Å²) < 4.78 is 63.6. The number of nitrogens with zero attached hydrogens (tertiary/aromatic N) is 3. The first-order chi connectivity index (χ1) is 14.2. The molecule has 5 nitrogen and oxygen atoms in total. The van der Waals surface area contributed by atoms with Gasteiger partial charge < -0.3 is 4.90 Å². The van der Waals surface area contributed by atoms with Gasteiger partial charge in [-0.05, 0) is 24.3 Å². The average Bonchev–Trinajstić information content (AvgIpc) is 2.73. The summed E-state index contributed by atoms with van der Waals surface area (Å²) in [6, 6.07) is 15.2. The molecule has 0 unspecified atom stereocenters.